The van der Waals surface area contributed by atoms with Crippen LogP contribution in [0.3, 0.4) is 0 Å². The Labute approximate surface area is 245 Å². The van der Waals surface area contributed by atoms with Crippen LogP contribution in [0.5, 0.6) is 11.5 Å². The van der Waals surface area contributed by atoms with Gasteiger partial charge < -0.3 is 19.5 Å². The summed E-state index contributed by atoms with van der Waals surface area (Å²) in [7, 11) is 1.61. The van der Waals surface area contributed by atoms with Crippen molar-refractivity contribution in [2.45, 2.75) is 32.1 Å². The van der Waals surface area contributed by atoms with Gasteiger partial charge in [-0.15, -0.1) is 0 Å². The molecule has 216 valence electrons. The Morgan fingerprint density at radius 1 is 0.929 bits per heavy atom. The third-order valence-electron chi connectivity index (χ3n) is 6.97. The summed E-state index contributed by atoms with van der Waals surface area (Å²) >= 11 is 0. The first-order chi connectivity index (χ1) is 20.6. The van der Waals surface area contributed by atoms with Gasteiger partial charge in [0, 0.05) is 30.5 Å². The lowest BCUT2D eigenvalue weighted by Gasteiger charge is -2.22. The molecule has 1 aliphatic rings. The van der Waals surface area contributed by atoms with Gasteiger partial charge in [0.05, 0.1) is 12.7 Å². The summed E-state index contributed by atoms with van der Waals surface area (Å²) in [5, 5.41) is 5.01. The molecule has 4 aromatic carbocycles. The molecule has 2 amide bonds. The minimum absolute atomic E-state index is 0.0555. The molecule has 1 heterocycles. The molecule has 2 N–H and O–H groups in total. The molecule has 1 unspecified atom stereocenters. The largest absolute Gasteiger partial charge is 0.497 e. The Morgan fingerprint density at radius 3 is 2.48 bits per heavy atom. The maximum absolute atomic E-state index is 13.4. The molecule has 0 bridgehead atoms. The van der Waals surface area contributed by atoms with Crippen molar-refractivity contribution in [3.63, 3.8) is 0 Å². The molecule has 42 heavy (non-hydrogen) atoms. The summed E-state index contributed by atoms with van der Waals surface area (Å²) in [4.78, 5) is 31.3. The van der Waals surface area contributed by atoms with Crippen LogP contribution in [0.1, 0.15) is 40.7 Å². The molecule has 0 spiro atoms. The Balaban J connectivity index is 1.29. The van der Waals surface area contributed by atoms with Gasteiger partial charge in [-0.25, -0.2) is 10.3 Å². The SMILES string of the molecule is COc1ccc(CNC(=O)C(=Cc2ccc(C(=O)NOC3CCCCO3)cc2)COc2cccc3ccccc23)cc1. The first-order valence-electron chi connectivity index (χ1n) is 14.0. The minimum atomic E-state index is -0.425. The van der Waals surface area contributed by atoms with Gasteiger partial charge in [0.1, 0.15) is 18.1 Å². The number of rotatable bonds is 11. The topological polar surface area (TPSA) is 95.1 Å². The second-order valence-electron chi connectivity index (χ2n) is 9.93. The second-order valence-corrected chi connectivity index (χ2v) is 9.93. The maximum atomic E-state index is 13.4. The summed E-state index contributed by atoms with van der Waals surface area (Å²) in [5.41, 5.74) is 5.02. The van der Waals surface area contributed by atoms with Gasteiger partial charge in [0.2, 0.25) is 0 Å². The molecule has 1 saturated heterocycles. The van der Waals surface area contributed by atoms with E-state index in [1.54, 1.807) is 37.5 Å². The molecular formula is C34H34N2O6. The third-order valence-corrected chi connectivity index (χ3v) is 6.97. The molecular weight excluding hydrogens is 532 g/mol. The van der Waals surface area contributed by atoms with E-state index in [0.29, 0.717) is 30.0 Å². The number of fused-ring (bicyclic) bond motifs is 1. The lowest BCUT2D eigenvalue weighted by Crippen LogP contribution is -2.33. The Kier molecular flexibility index (Phi) is 9.82. The Morgan fingerprint density at radius 2 is 1.71 bits per heavy atom. The van der Waals surface area contributed by atoms with Gasteiger partial charge in [-0.05, 0) is 65.8 Å². The summed E-state index contributed by atoms with van der Waals surface area (Å²) in [6, 6.07) is 28.2. The predicted molar refractivity (Wildman–Crippen MR) is 161 cm³/mol. The lowest BCUT2D eigenvalue weighted by molar-refractivity contribution is -0.186. The van der Waals surface area contributed by atoms with Gasteiger partial charge in [0.25, 0.3) is 11.8 Å². The van der Waals surface area contributed by atoms with Crippen molar-refractivity contribution in [1.82, 2.24) is 10.8 Å². The molecule has 0 radical (unpaired) electrons. The van der Waals surface area contributed by atoms with Crippen LogP contribution in [0.15, 0.2) is 96.6 Å². The highest BCUT2D eigenvalue weighted by molar-refractivity contribution is 5.98. The minimum Gasteiger partial charge on any atom is -0.497 e. The third kappa shape index (κ3) is 7.75. The predicted octanol–water partition coefficient (Wildman–Crippen LogP) is 5.82. The van der Waals surface area contributed by atoms with Gasteiger partial charge >= 0.3 is 0 Å². The molecule has 8 nitrogen and oxygen atoms in total. The number of carbonyl (C=O) groups excluding carboxylic acids is 2. The standard InChI is InChI=1S/C34H34N2O6/c1-39-29-18-14-25(15-19-29)22-35-33(37)28(23-41-31-10-6-8-26-7-2-3-9-30(26)31)21-24-12-16-27(17-13-24)34(38)36-42-32-11-4-5-20-40-32/h2-3,6-10,12-19,21,32H,4-5,11,20,22-23H2,1H3,(H,35,37)(H,36,38). The number of amides is 2. The smallest absolute Gasteiger partial charge is 0.274 e. The van der Waals surface area contributed by atoms with Crippen LogP contribution < -0.4 is 20.3 Å². The normalized spacial score (nSPS) is 15.2. The van der Waals surface area contributed by atoms with Crippen LogP contribution in [0.4, 0.5) is 0 Å². The Bertz CT molecular complexity index is 1520. The quantitative estimate of drug-likeness (QED) is 0.176. The number of hydrogen-bond acceptors (Lipinski definition) is 6. The van der Waals surface area contributed by atoms with E-state index in [9.17, 15) is 9.59 Å². The van der Waals surface area contributed by atoms with Crippen molar-refractivity contribution in [2.24, 2.45) is 0 Å². The maximum Gasteiger partial charge on any atom is 0.274 e. The van der Waals surface area contributed by atoms with Crippen LogP contribution in [0.2, 0.25) is 0 Å². The van der Waals surface area contributed by atoms with Gasteiger partial charge in [-0.3, -0.25) is 9.59 Å². The fourth-order valence-electron chi connectivity index (χ4n) is 4.60. The van der Waals surface area contributed by atoms with Gasteiger partial charge in [0.15, 0.2) is 6.29 Å². The zero-order chi connectivity index (χ0) is 29.1. The van der Waals surface area contributed by atoms with E-state index in [1.807, 2.05) is 66.7 Å². The number of methoxy groups -OCH3 is 1. The van der Waals surface area contributed by atoms with E-state index >= 15 is 0 Å². The first-order valence-corrected chi connectivity index (χ1v) is 14.0. The van der Waals surface area contributed by atoms with Crippen molar-refractivity contribution in [3.8, 4) is 11.5 Å². The molecule has 5 rings (SSSR count). The number of hydroxylamine groups is 1. The van der Waals surface area contributed by atoms with Crippen LogP contribution >= 0.6 is 0 Å². The van der Waals surface area contributed by atoms with Crippen molar-refractivity contribution in [2.75, 3.05) is 20.3 Å². The molecule has 0 aromatic heterocycles. The van der Waals surface area contributed by atoms with Crippen molar-refractivity contribution in [1.29, 1.82) is 0 Å². The summed E-state index contributed by atoms with van der Waals surface area (Å²) in [6.45, 7) is 1.03. The number of nitrogens with one attached hydrogen (secondary N) is 2. The van der Waals surface area contributed by atoms with E-state index in [-0.39, 0.29) is 18.4 Å². The van der Waals surface area contributed by atoms with Crippen LogP contribution in [-0.4, -0.2) is 38.4 Å². The molecule has 1 atom stereocenters. The van der Waals surface area contributed by atoms with E-state index in [4.69, 9.17) is 19.0 Å². The van der Waals surface area contributed by atoms with Crippen molar-refractivity contribution in [3.05, 3.63) is 113 Å². The lowest BCUT2D eigenvalue weighted by atomic mass is 10.1. The zero-order valence-corrected chi connectivity index (χ0v) is 23.5. The van der Waals surface area contributed by atoms with Crippen LogP contribution in [0.25, 0.3) is 16.8 Å². The molecule has 1 aliphatic heterocycles. The van der Waals surface area contributed by atoms with E-state index in [0.717, 1.165) is 46.9 Å². The van der Waals surface area contributed by atoms with E-state index in [2.05, 4.69) is 10.8 Å². The highest BCUT2D eigenvalue weighted by Crippen LogP contribution is 2.26. The summed E-state index contributed by atoms with van der Waals surface area (Å²) in [6.07, 6.45) is 4.08. The zero-order valence-electron chi connectivity index (χ0n) is 23.5. The van der Waals surface area contributed by atoms with Crippen molar-refractivity contribution < 1.29 is 28.6 Å². The number of carbonyl (C=O) groups is 2. The fraction of sp³-hybridized carbons (Fsp3) is 0.235. The van der Waals surface area contributed by atoms with Crippen LogP contribution in [-0.2, 0) is 20.9 Å². The highest BCUT2D eigenvalue weighted by Gasteiger charge is 2.17. The fourth-order valence-corrected chi connectivity index (χ4v) is 4.60. The summed E-state index contributed by atoms with van der Waals surface area (Å²) < 4.78 is 16.9. The Hall–Kier alpha value is -4.66. The summed E-state index contributed by atoms with van der Waals surface area (Å²) in [5.74, 6) is 0.821. The number of ether oxygens (including phenoxy) is 3. The highest BCUT2D eigenvalue weighted by atomic mass is 16.8. The molecule has 4 aromatic rings. The number of benzene rings is 4. The van der Waals surface area contributed by atoms with Gasteiger partial charge in [-0.1, -0.05) is 60.7 Å². The molecule has 8 heteroatoms. The average molecular weight is 567 g/mol. The first kappa shape index (κ1) is 28.9. The second kappa shape index (κ2) is 14.3. The molecule has 1 fully saturated rings. The van der Waals surface area contributed by atoms with Gasteiger partial charge in [-0.2, -0.15) is 0 Å². The molecule has 0 aliphatic carbocycles. The van der Waals surface area contributed by atoms with Crippen LogP contribution in [0, 0.1) is 0 Å². The van der Waals surface area contributed by atoms with Crippen molar-refractivity contribution >= 4 is 28.7 Å². The van der Waals surface area contributed by atoms with E-state index in [1.165, 1.54) is 0 Å². The average Bonchev–Trinajstić information content (AvgIpc) is 3.05. The molecule has 0 saturated carbocycles. The monoisotopic (exact) mass is 566 g/mol. The number of hydrogen-bond donors (Lipinski definition) is 2. The van der Waals surface area contributed by atoms with E-state index < -0.39 is 6.29 Å².